The second-order valence-corrected chi connectivity index (χ2v) is 5.46. The number of carbonyl (C=O) groups excluding carboxylic acids is 1. The summed E-state index contributed by atoms with van der Waals surface area (Å²) >= 11 is 0. The average Bonchev–Trinajstić information content (AvgIpc) is 2.70. The van der Waals surface area contributed by atoms with E-state index in [0.29, 0.717) is 18.7 Å². The SMILES string of the molecule is CCOC(=O)C(C)(CN1C(C)CCC1CC)NC. The molecule has 1 saturated heterocycles. The van der Waals surface area contributed by atoms with Gasteiger partial charge in [0.2, 0.25) is 0 Å². The summed E-state index contributed by atoms with van der Waals surface area (Å²) in [7, 11) is 1.83. The standard InChI is InChI=1S/C14H28N2O2/c1-6-12-9-8-11(3)16(12)10-14(4,15-5)13(17)18-7-2/h11-12,15H,6-10H2,1-5H3. The van der Waals surface area contributed by atoms with E-state index in [-0.39, 0.29) is 5.97 Å². The summed E-state index contributed by atoms with van der Waals surface area (Å²) in [6.07, 6.45) is 3.61. The molecular formula is C14H28N2O2. The number of likely N-dealkylation sites (tertiary alicyclic amines) is 1. The number of ether oxygens (including phenoxy) is 1. The molecule has 1 heterocycles. The lowest BCUT2D eigenvalue weighted by molar-refractivity contribution is -0.151. The van der Waals surface area contributed by atoms with Gasteiger partial charge in [-0.2, -0.15) is 0 Å². The normalized spacial score (nSPS) is 28.1. The molecule has 0 aliphatic carbocycles. The number of carbonyl (C=O) groups is 1. The lowest BCUT2D eigenvalue weighted by atomic mass is 10.0. The number of esters is 1. The van der Waals surface area contributed by atoms with E-state index in [2.05, 4.69) is 24.1 Å². The fraction of sp³-hybridized carbons (Fsp3) is 0.929. The number of hydrogen-bond acceptors (Lipinski definition) is 4. The smallest absolute Gasteiger partial charge is 0.327 e. The molecular weight excluding hydrogens is 228 g/mol. The minimum atomic E-state index is -0.609. The Morgan fingerprint density at radius 2 is 2.11 bits per heavy atom. The van der Waals surface area contributed by atoms with Gasteiger partial charge in [-0.1, -0.05) is 6.92 Å². The van der Waals surface area contributed by atoms with Crippen LogP contribution >= 0.6 is 0 Å². The molecule has 3 atom stereocenters. The van der Waals surface area contributed by atoms with Crippen molar-refractivity contribution >= 4 is 5.97 Å². The zero-order chi connectivity index (χ0) is 13.8. The van der Waals surface area contributed by atoms with Crippen LogP contribution in [-0.4, -0.2) is 48.7 Å². The van der Waals surface area contributed by atoms with Crippen molar-refractivity contribution in [2.24, 2.45) is 0 Å². The molecule has 4 heteroatoms. The van der Waals surface area contributed by atoms with Crippen LogP contribution in [0.25, 0.3) is 0 Å². The van der Waals surface area contributed by atoms with Gasteiger partial charge in [0.05, 0.1) is 6.61 Å². The van der Waals surface area contributed by atoms with Gasteiger partial charge >= 0.3 is 5.97 Å². The Balaban J connectivity index is 2.74. The summed E-state index contributed by atoms with van der Waals surface area (Å²) in [6, 6.07) is 1.15. The van der Waals surface area contributed by atoms with Crippen LogP contribution in [-0.2, 0) is 9.53 Å². The summed E-state index contributed by atoms with van der Waals surface area (Å²) in [4.78, 5) is 14.5. The average molecular weight is 256 g/mol. The van der Waals surface area contributed by atoms with E-state index in [0.717, 1.165) is 13.0 Å². The van der Waals surface area contributed by atoms with Crippen LogP contribution in [0.3, 0.4) is 0 Å². The second-order valence-electron chi connectivity index (χ2n) is 5.46. The van der Waals surface area contributed by atoms with Gasteiger partial charge in [0.1, 0.15) is 5.54 Å². The van der Waals surface area contributed by atoms with E-state index in [1.54, 1.807) is 0 Å². The molecule has 0 aromatic heterocycles. The molecule has 0 bridgehead atoms. The fourth-order valence-electron chi connectivity index (χ4n) is 2.75. The third-order valence-electron chi connectivity index (χ3n) is 4.20. The zero-order valence-electron chi connectivity index (χ0n) is 12.5. The van der Waals surface area contributed by atoms with Crippen LogP contribution in [0, 0.1) is 0 Å². The van der Waals surface area contributed by atoms with Gasteiger partial charge in [0, 0.05) is 18.6 Å². The molecule has 106 valence electrons. The highest BCUT2D eigenvalue weighted by atomic mass is 16.5. The maximum Gasteiger partial charge on any atom is 0.327 e. The Hall–Kier alpha value is -0.610. The molecule has 4 nitrogen and oxygen atoms in total. The van der Waals surface area contributed by atoms with Crippen LogP contribution in [0.1, 0.15) is 47.0 Å². The van der Waals surface area contributed by atoms with Gasteiger partial charge in [-0.15, -0.1) is 0 Å². The lowest BCUT2D eigenvalue weighted by Crippen LogP contribution is -2.58. The molecule has 1 aliphatic heterocycles. The van der Waals surface area contributed by atoms with Gasteiger partial charge in [0.15, 0.2) is 0 Å². The lowest BCUT2D eigenvalue weighted by Gasteiger charge is -2.36. The summed E-state index contributed by atoms with van der Waals surface area (Å²) < 4.78 is 5.18. The van der Waals surface area contributed by atoms with Gasteiger partial charge in [0.25, 0.3) is 0 Å². The summed E-state index contributed by atoms with van der Waals surface area (Å²) in [5.74, 6) is -0.151. The van der Waals surface area contributed by atoms with Crippen molar-refractivity contribution < 1.29 is 9.53 Å². The van der Waals surface area contributed by atoms with Crippen molar-refractivity contribution in [3.8, 4) is 0 Å². The summed E-state index contributed by atoms with van der Waals surface area (Å²) in [5.41, 5.74) is -0.609. The molecule has 0 aromatic rings. The van der Waals surface area contributed by atoms with Crippen LogP contribution in [0.4, 0.5) is 0 Å². The highest BCUT2D eigenvalue weighted by molar-refractivity contribution is 5.80. The van der Waals surface area contributed by atoms with Crippen molar-refractivity contribution in [2.75, 3.05) is 20.2 Å². The van der Waals surface area contributed by atoms with Crippen molar-refractivity contribution in [3.05, 3.63) is 0 Å². The number of nitrogens with one attached hydrogen (secondary N) is 1. The monoisotopic (exact) mass is 256 g/mol. The molecule has 0 spiro atoms. The summed E-state index contributed by atoms with van der Waals surface area (Å²) in [6.45, 7) is 9.41. The predicted octanol–water partition coefficient (Wildman–Crippen LogP) is 1.79. The minimum Gasteiger partial charge on any atom is -0.465 e. The molecule has 1 aliphatic rings. The third kappa shape index (κ3) is 3.23. The van der Waals surface area contributed by atoms with Gasteiger partial charge in [-0.25, -0.2) is 0 Å². The molecule has 1 N–H and O–H groups in total. The largest absolute Gasteiger partial charge is 0.465 e. The highest BCUT2D eigenvalue weighted by Crippen LogP contribution is 2.27. The number of nitrogens with zero attached hydrogens (tertiary/aromatic N) is 1. The van der Waals surface area contributed by atoms with Gasteiger partial charge in [-0.3, -0.25) is 9.69 Å². The first-order valence-electron chi connectivity index (χ1n) is 7.10. The number of likely N-dealkylation sites (N-methyl/N-ethyl adjacent to an activating group) is 1. The minimum absolute atomic E-state index is 0.151. The van der Waals surface area contributed by atoms with Crippen LogP contribution in [0.2, 0.25) is 0 Å². The van der Waals surface area contributed by atoms with E-state index in [1.807, 2.05) is 20.9 Å². The molecule has 0 saturated carbocycles. The molecule has 18 heavy (non-hydrogen) atoms. The quantitative estimate of drug-likeness (QED) is 0.736. The van der Waals surface area contributed by atoms with E-state index < -0.39 is 5.54 Å². The van der Waals surface area contributed by atoms with Crippen molar-refractivity contribution in [3.63, 3.8) is 0 Å². The second kappa shape index (κ2) is 6.53. The molecule has 0 radical (unpaired) electrons. The molecule has 1 fully saturated rings. The Bertz CT molecular complexity index is 283. The Labute approximate surface area is 111 Å². The van der Waals surface area contributed by atoms with E-state index >= 15 is 0 Å². The Morgan fingerprint density at radius 3 is 2.61 bits per heavy atom. The van der Waals surface area contributed by atoms with Crippen molar-refractivity contribution in [1.82, 2.24) is 10.2 Å². The first-order chi connectivity index (χ1) is 8.48. The van der Waals surface area contributed by atoms with E-state index in [4.69, 9.17) is 4.74 Å². The van der Waals surface area contributed by atoms with Gasteiger partial charge < -0.3 is 10.1 Å². The maximum atomic E-state index is 12.1. The number of hydrogen-bond donors (Lipinski definition) is 1. The topological polar surface area (TPSA) is 41.6 Å². The van der Waals surface area contributed by atoms with Crippen LogP contribution in [0.5, 0.6) is 0 Å². The predicted molar refractivity (Wildman–Crippen MR) is 73.6 cm³/mol. The maximum absolute atomic E-state index is 12.1. The third-order valence-corrected chi connectivity index (χ3v) is 4.20. The molecule has 0 amide bonds. The van der Waals surface area contributed by atoms with Crippen LogP contribution in [0.15, 0.2) is 0 Å². The number of rotatable bonds is 6. The van der Waals surface area contributed by atoms with Gasteiger partial charge in [-0.05, 0) is 47.1 Å². The Morgan fingerprint density at radius 1 is 1.44 bits per heavy atom. The highest BCUT2D eigenvalue weighted by Gasteiger charge is 2.40. The molecule has 1 rings (SSSR count). The molecule has 3 unspecified atom stereocenters. The van der Waals surface area contributed by atoms with Crippen LogP contribution < -0.4 is 5.32 Å². The first-order valence-corrected chi connectivity index (χ1v) is 7.10. The summed E-state index contributed by atoms with van der Waals surface area (Å²) in [5, 5.41) is 3.14. The van der Waals surface area contributed by atoms with E-state index in [1.165, 1.54) is 12.8 Å². The zero-order valence-corrected chi connectivity index (χ0v) is 12.5. The van der Waals surface area contributed by atoms with E-state index in [9.17, 15) is 4.79 Å². The first kappa shape index (κ1) is 15.4. The van der Waals surface area contributed by atoms with Crippen molar-refractivity contribution in [2.45, 2.75) is 64.6 Å². The van der Waals surface area contributed by atoms with Crippen molar-refractivity contribution in [1.29, 1.82) is 0 Å². The Kier molecular flexibility index (Phi) is 5.60. The molecule has 0 aromatic carbocycles. The fourth-order valence-corrected chi connectivity index (χ4v) is 2.75.